The number of para-hydroxylation sites is 1. The predicted octanol–water partition coefficient (Wildman–Crippen LogP) is 4.03. The fourth-order valence-corrected chi connectivity index (χ4v) is 3.25. The van der Waals surface area contributed by atoms with Crippen LogP contribution in [0.2, 0.25) is 0 Å². The molecule has 1 heterocycles. The molecule has 2 aromatic carbocycles. The highest BCUT2D eigenvalue weighted by Crippen LogP contribution is 2.34. The Kier molecular flexibility index (Phi) is 3.32. The lowest BCUT2D eigenvalue weighted by Crippen LogP contribution is -2.09. The topological polar surface area (TPSA) is 38.9 Å². The van der Waals surface area contributed by atoms with Gasteiger partial charge in [-0.15, -0.1) is 11.3 Å². The summed E-state index contributed by atoms with van der Waals surface area (Å²) in [6, 6.07) is 16.7. The van der Waals surface area contributed by atoms with Crippen LogP contribution in [-0.4, -0.2) is 11.5 Å². The Hall–Kier alpha value is -1.71. The first-order chi connectivity index (χ1) is 9.29. The third kappa shape index (κ3) is 2.27. The van der Waals surface area contributed by atoms with Crippen molar-refractivity contribution in [2.45, 2.75) is 12.8 Å². The molecule has 1 unspecified atom stereocenters. The minimum Gasteiger partial charge on any atom is -0.330 e. The summed E-state index contributed by atoms with van der Waals surface area (Å²) in [7, 11) is 0. The normalized spacial score (nSPS) is 12.7. The Morgan fingerprint density at radius 3 is 2.63 bits per heavy atom. The highest BCUT2D eigenvalue weighted by Gasteiger charge is 2.13. The Morgan fingerprint density at radius 1 is 1.11 bits per heavy atom. The molecule has 3 heteroatoms. The van der Waals surface area contributed by atoms with E-state index in [2.05, 4.69) is 49.4 Å². The summed E-state index contributed by atoms with van der Waals surface area (Å²) in [5, 5.41) is 1.08. The lowest BCUT2D eigenvalue weighted by molar-refractivity contribution is 0.776. The number of hydrogen-bond donors (Lipinski definition) is 1. The van der Waals surface area contributed by atoms with Crippen LogP contribution in [0.5, 0.6) is 0 Å². The van der Waals surface area contributed by atoms with Crippen LogP contribution in [0.15, 0.2) is 48.5 Å². The lowest BCUT2D eigenvalue weighted by Gasteiger charge is -2.12. The molecular formula is C16H16N2S. The fourth-order valence-electron chi connectivity index (χ4n) is 2.24. The zero-order valence-corrected chi connectivity index (χ0v) is 11.7. The van der Waals surface area contributed by atoms with Crippen molar-refractivity contribution in [3.8, 4) is 10.6 Å². The van der Waals surface area contributed by atoms with Gasteiger partial charge in [0.05, 0.1) is 10.2 Å². The van der Waals surface area contributed by atoms with Crippen molar-refractivity contribution in [3.05, 3.63) is 54.1 Å². The molecule has 3 rings (SSSR count). The molecule has 1 atom stereocenters. The number of benzene rings is 2. The van der Waals surface area contributed by atoms with E-state index in [1.807, 2.05) is 6.07 Å². The quantitative estimate of drug-likeness (QED) is 0.779. The molecule has 0 aliphatic rings. The number of aromatic nitrogens is 1. The van der Waals surface area contributed by atoms with Crippen LogP contribution < -0.4 is 5.73 Å². The average molecular weight is 268 g/mol. The van der Waals surface area contributed by atoms with Crippen LogP contribution in [0.1, 0.15) is 18.4 Å². The lowest BCUT2D eigenvalue weighted by atomic mass is 9.96. The number of hydrogen-bond acceptors (Lipinski definition) is 3. The van der Waals surface area contributed by atoms with Crippen molar-refractivity contribution in [3.63, 3.8) is 0 Å². The van der Waals surface area contributed by atoms with Crippen molar-refractivity contribution in [2.24, 2.45) is 5.73 Å². The van der Waals surface area contributed by atoms with Gasteiger partial charge in [-0.3, -0.25) is 0 Å². The molecule has 0 amide bonds. The highest BCUT2D eigenvalue weighted by atomic mass is 32.1. The molecule has 0 saturated carbocycles. The van der Waals surface area contributed by atoms with Gasteiger partial charge in [-0.05, 0) is 30.2 Å². The van der Waals surface area contributed by atoms with Gasteiger partial charge in [0.25, 0.3) is 0 Å². The standard InChI is InChI=1S/C16H16N2S/c1-11(10-17)12-6-2-3-7-13(12)16-18-14-8-4-5-9-15(14)19-16/h2-9,11H,10,17H2,1H3. The summed E-state index contributed by atoms with van der Waals surface area (Å²) in [5.41, 5.74) is 9.37. The third-order valence-corrected chi connectivity index (χ3v) is 4.44. The van der Waals surface area contributed by atoms with Crippen LogP contribution in [0, 0.1) is 0 Å². The number of nitrogens with two attached hydrogens (primary N) is 1. The van der Waals surface area contributed by atoms with E-state index >= 15 is 0 Å². The van der Waals surface area contributed by atoms with Crippen molar-refractivity contribution < 1.29 is 0 Å². The van der Waals surface area contributed by atoms with Crippen molar-refractivity contribution in [1.82, 2.24) is 4.98 Å². The minimum absolute atomic E-state index is 0.350. The largest absolute Gasteiger partial charge is 0.330 e. The zero-order valence-electron chi connectivity index (χ0n) is 10.8. The molecule has 2 nitrogen and oxygen atoms in total. The fraction of sp³-hybridized carbons (Fsp3) is 0.188. The Morgan fingerprint density at radius 2 is 1.84 bits per heavy atom. The molecule has 2 N–H and O–H groups in total. The van der Waals surface area contributed by atoms with Gasteiger partial charge >= 0.3 is 0 Å². The van der Waals surface area contributed by atoms with Crippen LogP contribution in [-0.2, 0) is 0 Å². The van der Waals surface area contributed by atoms with E-state index in [9.17, 15) is 0 Å². The van der Waals surface area contributed by atoms with Gasteiger partial charge in [-0.1, -0.05) is 43.3 Å². The SMILES string of the molecule is CC(CN)c1ccccc1-c1nc2ccccc2s1. The predicted molar refractivity (Wildman–Crippen MR) is 82.5 cm³/mol. The summed E-state index contributed by atoms with van der Waals surface area (Å²) in [4.78, 5) is 4.74. The van der Waals surface area contributed by atoms with Gasteiger partial charge in [0.15, 0.2) is 0 Å². The van der Waals surface area contributed by atoms with E-state index in [1.165, 1.54) is 15.8 Å². The molecular weight excluding hydrogens is 252 g/mol. The van der Waals surface area contributed by atoms with Gasteiger partial charge in [0, 0.05) is 5.56 Å². The monoisotopic (exact) mass is 268 g/mol. The maximum absolute atomic E-state index is 5.81. The second-order valence-corrected chi connectivity index (χ2v) is 5.74. The van der Waals surface area contributed by atoms with Crippen molar-refractivity contribution >= 4 is 21.6 Å². The van der Waals surface area contributed by atoms with E-state index in [1.54, 1.807) is 11.3 Å². The Balaban J connectivity index is 2.15. The van der Waals surface area contributed by atoms with E-state index < -0.39 is 0 Å². The first-order valence-corrected chi connectivity index (χ1v) is 7.26. The third-order valence-electron chi connectivity index (χ3n) is 3.37. The molecule has 0 fully saturated rings. The molecule has 0 spiro atoms. The van der Waals surface area contributed by atoms with Gasteiger partial charge < -0.3 is 5.73 Å². The number of nitrogens with zero attached hydrogens (tertiary/aromatic N) is 1. The molecule has 0 radical (unpaired) electrons. The molecule has 0 saturated heterocycles. The van der Waals surface area contributed by atoms with Gasteiger partial charge in [0.2, 0.25) is 0 Å². The molecule has 3 aromatic rings. The molecule has 0 aliphatic heterocycles. The maximum atomic E-state index is 5.81. The van der Waals surface area contributed by atoms with Gasteiger partial charge in [-0.2, -0.15) is 0 Å². The van der Waals surface area contributed by atoms with Crippen molar-refractivity contribution in [2.75, 3.05) is 6.54 Å². The Bertz CT molecular complexity index is 670. The smallest absolute Gasteiger partial charge is 0.124 e. The number of thiazole rings is 1. The average Bonchev–Trinajstić information content (AvgIpc) is 2.90. The summed E-state index contributed by atoms with van der Waals surface area (Å²) in [6.07, 6.45) is 0. The maximum Gasteiger partial charge on any atom is 0.124 e. The van der Waals surface area contributed by atoms with Crippen LogP contribution >= 0.6 is 11.3 Å². The molecule has 96 valence electrons. The minimum atomic E-state index is 0.350. The van der Waals surface area contributed by atoms with Gasteiger partial charge in [0.1, 0.15) is 5.01 Å². The van der Waals surface area contributed by atoms with Crippen LogP contribution in [0.4, 0.5) is 0 Å². The molecule has 0 bridgehead atoms. The molecule has 0 aliphatic carbocycles. The van der Waals surface area contributed by atoms with E-state index in [0.29, 0.717) is 12.5 Å². The second-order valence-electron chi connectivity index (χ2n) is 4.71. The number of rotatable bonds is 3. The summed E-state index contributed by atoms with van der Waals surface area (Å²) in [6.45, 7) is 2.81. The Labute approximate surface area is 116 Å². The first kappa shape index (κ1) is 12.3. The van der Waals surface area contributed by atoms with Gasteiger partial charge in [-0.25, -0.2) is 4.98 Å². The second kappa shape index (κ2) is 5.11. The van der Waals surface area contributed by atoms with E-state index in [0.717, 1.165) is 10.5 Å². The van der Waals surface area contributed by atoms with E-state index in [4.69, 9.17) is 10.7 Å². The summed E-state index contributed by atoms with van der Waals surface area (Å²) in [5.74, 6) is 0.350. The first-order valence-electron chi connectivity index (χ1n) is 6.44. The number of fused-ring (bicyclic) bond motifs is 1. The zero-order chi connectivity index (χ0) is 13.2. The van der Waals surface area contributed by atoms with Crippen LogP contribution in [0.3, 0.4) is 0 Å². The summed E-state index contributed by atoms with van der Waals surface area (Å²) >= 11 is 1.74. The van der Waals surface area contributed by atoms with Crippen molar-refractivity contribution in [1.29, 1.82) is 0 Å². The van der Waals surface area contributed by atoms with Crippen LogP contribution in [0.25, 0.3) is 20.8 Å². The highest BCUT2D eigenvalue weighted by molar-refractivity contribution is 7.21. The van der Waals surface area contributed by atoms with E-state index in [-0.39, 0.29) is 0 Å². The molecule has 1 aromatic heterocycles. The summed E-state index contributed by atoms with van der Waals surface area (Å²) < 4.78 is 1.23. The molecule has 19 heavy (non-hydrogen) atoms.